The average Bonchev–Trinajstić information content (AvgIpc) is 2.35. The first-order valence-corrected chi connectivity index (χ1v) is 7.18. The van der Waals surface area contributed by atoms with E-state index in [1.54, 1.807) is 24.3 Å². The molecule has 2 aromatic rings. The van der Waals surface area contributed by atoms with Crippen LogP contribution < -0.4 is 11.1 Å². The Morgan fingerprint density at radius 3 is 2.58 bits per heavy atom. The average molecular weight is 384 g/mol. The van der Waals surface area contributed by atoms with Crippen molar-refractivity contribution in [2.24, 2.45) is 0 Å². The molecule has 19 heavy (non-hydrogen) atoms. The van der Waals surface area contributed by atoms with E-state index in [0.717, 1.165) is 14.5 Å². The molecule has 5 heteroatoms. The first kappa shape index (κ1) is 14.1. The second-order valence-electron chi connectivity index (χ2n) is 4.15. The van der Waals surface area contributed by atoms with Gasteiger partial charge in [0, 0.05) is 20.2 Å². The van der Waals surface area contributed by atoms with Gasteiger partial charge in [-0.3, -0.25) is 4.79 Å². The van der Waals surface area contributed by atoms with Crippen molar-refractivity contribution in [3.8, 4) is 0 Å². The van der Waals surface area contributed by atoms with Crippen LogP contribution >= 0.6 is 31.9 Å². The molecule has 98 valence electrons. The molecule has 0 heterocycles. The monoisotopic (exact) mass is 382 g/mol. The second kappa shape index (κ2) is 5.75. The number of amides is 1. The van der Waals surface area contributed by atoms with Crippen molar-refractivity contribution >= 4 is 49.1 Å². The highest BCUT2D eigenvalue weighted by Crippen LogP contribution is 2.26. The normalized spacial score (nSPS) is 10.3. The molecule has 0 aliphatic rings. The largest absolute Gasteiger partial charge is 0.399 e. The number of hydrogen-bond acceptors (Lipinski definition) is 2. The Hall–Kier alpha value is -1.33. The third kappa shape index (κ3) is 3.36. The van der Waals surface area contributed by atoms with Crippen molar-refractivity contribution in [1.29, 1.82) is 0 Å². The van der Waals surface area contributed by atoms with Crippen LogP contribution in [0.15, 0.2) is 45.3 Å². The highest BCUT2D eigenvalue weighted by atomic mass is 79.9. The number of nitrogens with one attached hydrogen (secondary N) is 1. The number of rotatable bonds is 2. The number of anilines is 2. The van der Waals surface area contributed by atoms with Crippen molar-refractivity contribution in [1.82, 2.24) is 0 Å². The minimum absolute atomic E-state index is 0.149. The molecule has 0 unspecified atom stereocenters. The third-order valence-electron chi connectivity index (χ3n) is 2.69. The van der Waals surface area contributed by atoms with Crippen molar-refractivity contribution in [2.45, 2.75) is 6.92 Å². The van der Waals surface area contributed by atoms with Crippen LogP contribution in [0, 0.1) is 6.92 Å². The van der Waals surface area contributed by atoms with Crippen LogP contribution in [0.4, 0.5) is 11.4 Å². The topological polar surface area (TPSA) is 55.1 Å². The summed E-state index contributed by atoms with van der Waals surface area (Å²) >= 11 is 6.75. The van der Waals surface area contributed by atoms with Gasteiger partial charge in [-0.15, -0.1) is 0 Å². The van der Waals surface area contributed by atoms with Gasteiger partial charge < -0.3 is 11.1 Å². The molecule has 1 amide bonds. The summed E-state index contributed by atoms with van der Waals surface area (Å²) in [5.74, 6) is -0.149. The van der Waals surface area contributed by atoms with Gasteiger partial charge in [0.25, 0.3) is 5.91 Å². The van der Waals surface area contributed by atoms with E-state index in [-0.39, 0.29) is 5.91 Å². The van der Waals surface area contributed by atoms with E-state index < -0.39 is 0 Å². The lowest BCUT2D eigenvalue weighted by atomic mass is 10.1. The van der Waals surface area contributed by atoms with E-state index >= 15 is 0 Å². The molecule has 0 aliphatic heterocycles. The zero-order valence-corrected chi connectivity index (χ0v) is 13.4. The highest BCUT2D eigenvalue weighted by Gasteiger charge is 2.11. The molecule has 2 aromatic carbocycles. The lowest BCUT2D eigenvalue weighted by Gasteiger charge is -2.10. The lowest BCUT2D eigenvalue weighted by Crippen LogP contribution is -2.13. The van der Waals surface area contributed by atoms with E-state index in [2.05, 4.69) is 37.2 Å². The number of nitrogen functional groups attached to an aromatic ring is 1. The molecule has 0 aliphatic carbocycles. The Morgan fingerprint density at radius 1 is 1.16 bits per heavy atom. The van der Waals surface area contributed by atoms with Gasteiger partial charge in [-0.05, 0) is 58.7 Å². The Bertz CT molecular complexity index is 641. The fourth-order valence-corrected chi connectivity index (χ4v) is 2.52. The van der Waals surface area contributed by atoms with Gasteiger partial charge >= 0.3 is 0 Å². The van der Waals surface area contributed by atoms with Crippen LogP contribution in [0.25, 0.3) is 0 Å². The summed E-state index contributed by atoms with van der Waals surface area (Å²) in [6.07, 6.45) is 0. The van der Waals surface area contributed by atoms with Gasteiger partial charge in [-0.1, -0.05) is 22.0 Å². The molecular formula is C14H12Br2N2O. The summed E-state index contributed by atoms with van der Waals surface area (Å²) in [4.78, 5) is 12.2. The number of benzene rings is 2. The smallest absolute Gasteiger partial charge is 0.255 e. The van der Waals surface area contributed by atoms with Crippen molar-refractivity contribution in [3.05, 3.63) is 56.5 Å². The van der Waals surface area contributed by atoms with E-state index in [1.165, 1.54) is 0 Å². The molecule has 3 nitrogen and oxygen atoms in total. The van der Waals surface area contributed by atoms with E-state index in [0.29, 0.717) is 16.9 Å². The van der Waals surface area contributed by atoms with Gasteiger partial charge in [0.2, 0.25) is 0 Å². The fourth-order valence-electron chi connectivity index (χ4n) is 1.66. The first-order chi connectivity index (χ1) is 8.97. The van der Waals surface area contributed by atoms with E-state index in [4.69, 9.17) is 5.73 Å². The molecule has 0 fully saturated rings. The molecule has 0 radical (unpaired) electrons. The standard InChI is InChI=1S/C14H12Br2N2O/c1-8-2-3-9(15)6-11(8)14(19)18-13-5-4-10(17)7-12(13)16/h2-7H,17H2,1H3,(H,18,19). The summed E-state index contributed by atoms with van der Waals surface area (Å²) in [5.41, 5.74) is 8.56. The first-order valence-electron chi connectivity index (χ1n) is 5.60. The third-order valence-corrected chi connectivity index (χ3v) is 3.83. The summed E-state index contributed by atoms with van der Waals surface area (Å²) in [6, 6.07) is 10.9. The van der Waals surface area contributed by atoms with Crippen LogP contribution in [-0.4, -0.2) is 5.91 Å². The minimum atomic E-state index is -0.149. The SMILES string of the molecule is Cc1ccc(Br)cc1C(=O)Nc1ccc(N)cc1Br. The highest BCUT2D eigenvalue weighted by molar-refractivity contribution is 9.10. The molecule has 0 aromatic heterocycles. The second-order valence-corrected chi connectivity index (χ2v) is 5.92. The number of nitrogens with two attached hydrogens (primary N) is 1. The molecule has 0 saturated carbocycles. The maximum absolute atomic E-state index is 12.2. The van der Waals surface area contributed by atoms with Gasteiger partial charge in [0.15, 0.2) is 0 Å². The predicted molar refractivity (Wildman–Crippen MR) is 85.4 cm³/mol. The maximum Gasteiger partial charge on any atom is 0.255 e. The van der Waals surface area contributed by atoms with E-state index in [1.807, 2.05) is 19.1 Å². The van der Waals surface area contributed by atoms with E-state index in [9.17, 15) is 4.79 Å². The zero-order valence-electron chi connectivity index (χ0n) is 10.2. The summed E-state index contributed by atoms with van der Waals surface area (Å²) in [5, 5.41) is 2.86. The van der Waals surface area contributed by atoms with Gasteiger partial charge in [-0.2, -0.15) is 0 Å². The quantitative estimate of drug-likeness (QED) is 0.757. The zero-order chi connectivity index (χ0) is 14.0. The van der Waals surface area contributed by atoms with Crippen LogP contribution in [-0.2, 0) is 0 Å². The molecule has 3 N–H and O–H groups in total. The van der Waals surface area contributed by atoms with Crippen molar-refractivity contribution < 1.29 is 4.79 Å². The lowest BCUT2D eigenvalue weighted by molar-refractivity contribution is 0.102. The van der Waals surface area contributed by atoms with Crippen LogP contribution in [0.2, 0.25) is 0 Å². The van der Waals surface area contributed by atoms with Gasteiger partial charge in [-0.25, -0.2) is 0 Å². The maximum atomic E-state index is 12.2. The van der Waals surface area contributed by atoms with Crippen LogP contribution in [0.1, 0.15) is 15.9 Å². The molecule has 0 saturated heterocycles. The minimum Gasteiger partial charge on any atom is -0.399 e. The number of halogens is 2. The number of carbonyl (C=O) groups excluding carboxylic acids is 1. The summed E-state index contributed by atoms with van der Waals surface area (Å²) in [6.45, 7) is 1.90. The van der Waals surface area contributed by atoms with Gasteiger partial charge in [0.05, 0.1) is 5.69 Å². The fraction of sp³-hybridized carbons (Fsp3) is 0.0714. The number of hydrogen-bond donors (Lipinski definition) is 2. The Morgan fingerprint density at radius 2 is 1.89 bits per heavy atom. The molecule has 0 spiro atoms. The summed E-state index contributed by atoms with van der Waals surface area (Å²) < 4.78 is 1.63. The van der Waals surface area contributed by atoms with Crippen molar-refractivity contribution in [3.63, 3.8) is 0 Å². The molecule has 0 atom stereocenters. The predicted octanol–water partition coefficient (Wildman–Crippen LogP) is 4.35. The molecule has 0 bridgehead atoms. The summed E-state index contributed by atoms with van der Waals surface area (Å²) in [7, 11) is 0. The molecular weight excluding hydrogens is 372 g/mol. The molecule has 2 rings (SSSR count). The van der Waals surface area contributed by atoms with Crippen LogP contribution in [0.3, 0.4) is 0 Å². The number of aryl methyl sites for hydroxylation is 1. The Balaban J connectivity index is 2.28. The Labute approximate surface area is 128 Å². The Kier molecular flexibility index (Phi) is 4.27. The van der Waals surface area contributed by atoms with Crippen LogP contribution in [0.5, 0.6) is 0 Å². The van der Waals surface area contributed by atoms with Crippen molar-refractivity contribution in [2.75, 3.05) is 11.1 Å². The number of carbonyl (C=O) groups is 1. The van der Waals surface area contributed by atoms with Gasteiger partial charge in [0.1, 0.15) is 0 Å².